The average Bonchev–Trinajstić information content (AvgIpc) is 2.63. The van der Waals surface area contributed by atoms with Crippen LogP contribution in [-0.4, -0.2) is 31.7 Å². The van der Waals surface area contributed by atoms with Crippen molar-refractivity contribution >= 4 is 49.1 Å². The van der Waals surface area contributed by atoms with Crippen LogP contribution in [-0.2, 0) is 10.0 Å². The van der Waals surface area contributed by atoms with Gasteiger partial charge in [-0.2, -0.15) is 4.31 Å². The Morgan fingerprint density at radius 3 is 2.46 bits per heavy atom. The topological polar surface area (TPSA) is 66.5 Å². The molecule has 2 aromatic carbocycles. The molecule has 0 saturated carbocycles. The van der Waals surface area contributed by atoms with Crippen LogP contribution >= 0.6 is 27.5 Å². The van der Waals surface area contributed by atoms with Crippen molar-refractivity contribution in [2.24, 2.45) is 11.8 Å². The summed E-state index contributed by atoms with van der Waals surface area (Å²) >= 11 is 9.46. The van der Waals surface area contributed by atoms with E-state index in [9.17, 15) is 13.2 Å². The van der Waals surface area contributed by atoms with Crippen molar-refractivity contribution in [2.75, 3.05) is 18.4 Å². The highest BCUT2D eigenvalue weighted by molar-refractivity contribution is 9.10. The number of rotatable bonds is 4. The lowest BCUT2D eigenvalue weighted by Crippen LogP contribution is -2.42. The van der Waals surface area contributed by atoms with Crippen molar-refractivity contribution in [1.29, 1.82) is 0 Å². The number of nitrogens with one attached hydrogen (secondary N) is 1. The third-order valence-electron chi connectivity index (χ3n) is 4.75. The molecule has 1 heterocycles. The molecule has 8 heteroatoms. The van der Waals surface area contributed by atoms with Gasteiger partial charge < -0.3 is 5.32 Å². The van der Waals surface area contributed by atoms with Gasteiger partial charge in [-0.3, -0.25) is 4.79 Å². The third-order valence-corrected chi connectivity index (χ3v) is 7.38. The molecule has 1 fully saturated rings. The molecule has 2 atom stereocenters. The number of benzene rings is 2. The smallest absolute Gasteiger partial charge is 0.255 e. The number of amides is 1. The van der Waals surface area contributed by atoms with Crippen LogP contribution in [0.3, 0.4) is 0 Å². The van der Waals surface area contributed by atoms with E-state index >= 15 is 0 Å². The number of anilines is 1. The lowest BCUT2D eigenvalue weighted by molar-refractivity contribution is 0.102. The van der Waals surface area contributed by atoms with Gasteiger partial charge in [0.15, 0.2) is 0 Å². The lowest BCUT2D eigenvalue weighted by atomic mass is 9.94. The van der Waals surface area contributed by atoms with Gasteiger partial charge in [0.25, 0.3) is 5.91 Å². The van der Waals surface area contributed by atoms with Gasteiger partial charge in [0.2, 0.25) is 10.0 Å². The van der Waals surface area contributed by atoms with Gasteiger partial charge in [-0.15, -0.1) is 0 Å². The molecule has 0 radical (unpaired) electrons. The minimum atomic E-state index is -3.65. The van der Waals surface area contributed by atoms with Crippen molar-refractivity contribution in [2.45, 2.75) is 25.2 Å². The molecule has 1 aliphatic heterocycles. The number of carbonyl (C=O) groups is 1. The predicted octanol–water partition coefficient (Wildman–Crippen LogP) is 5.02. The fourth-order valence-corrected chi connectivity index (χ4v) is 5.98. The summed E-state index contributed by atoms with van der Waals surface area (Å²) in [5, 5.41) is 3.12. The molecular weight excluding hydrogens is 464 g/mol. The van der Waals surface area contributed by atoms with Gasteiger partial charge in [0, 0.05) is 23.1 Å². The van der Waals surface area contributed by atoms with Crippen LogP contribution in [0.15, 0.2) is 51.8 Å². The third kappa shape index (κ3) is 4.76. The Balaban J connectivity index is 1.84. The van der Waals surface area contributed by atoms with E-state index in [-0.39, 0.29) is 10.5 Å². The quantitative estimate of drug-likeness (QED) is 0.661. The molecule has 1 aliphatic rings. The summed E-state index contributed by atoms with van der Waals surface area (Å²) in [5.74, 6) is 0.204. The number of hydrogen-bond donors (Lipinski definition) is 1. The number of sulfonamides is 1. The summed E-state index contributed by atoms with van der Waals surface area (Å²) in [6, 6.07) is 11.2. The summed E-state index contributed by atoms with van der Waals surface area (Å²) in [7, 11) is -3.65. The largest absolute Gasteiger partial charge is 0.321 e. The summed E-state index contributed by atoms with van der Waals surface area (Å²) < 4.78 is 28.5. The highest BCUT2D eigenvalue weighted by Gasteiger charge is 2.32. The molecule has 0 aromatic heterocycles. The van der Waals surface area contributed by atoms with Gasteiger partial charge in [-0.25, -0.2) is 8.42 Å². The molecular formula is C20H22BrClN2O3S. The Labute approximate surface area is 179 Å². The fraction of sp³-hybridized carbons (Fsp3) is 0.350. The first kappa shape index (κ1) is 21.3. The first-order valence-corrected chi connectivity index (χ1v) is 11.6. The van der Waals surface area contributed by atoms with E-state index < -0.39 is 15.9 Å². The second-order valence-electron chi connectivity index (χ2n) is 7.37. The first-order valence-electron chi connectivity index (χ1n) is 9.03. The summed E-state index contributed by atoms with van der Waals surface area (Å²) in [6.45, 7) is 5.11. The second-order valence-corrected chi connectivity index (χ2v) is 10.6. The van der Waals surface area contributed by atoms with Gasteiger partial charge in [-0.1, -0.05) is 47.4 Å². The Morgan fingerprint density at radius 1 is 1.14 bits per heavy atom. The Bertz CT molecular complexity index is 987. The molecule has 3 rings (SSSR count). The summed E-state index contributed by atoms with van der Waals surface area (Å²) in [6.07, 6.45) is 1.02. The highest BCUT2D eigenvalue weighted by Crippen LogP contribution is 2.28. The molecule has 28 heavy (non-hydrogen) atoms. The maximum Gasteiger partial charge on any atom is 0.255 e. The molecule has 1 saturated heterocycles. The maximum absolute atomic E-state index is 13.1. The molecule has 1 amide bonds. The van der Waals surface area contributed by atoms with Crippen molar-refractivity contribution in [1.82, 2.24) is 4.31 Å². The van der Waals surface area contributed by atoms with Crippen molar-refractivity contribution in [3.8, 4) is 0 Å². The number of piperidine rings is 1. The molecule has 150 valence electrons. The highest BCUT2D eigenvalue weighted by atomic mass is 79.9. The normalized spacial score (nSPS) is 20.7. The van der Waals surface area contributed by atoms with Crippen LogP contribution < -0.4 is 5.32 Å². The molecule has 2 aromatic rings. The Kier molecular flexibility index (Phi) is 6.49. The molecule has 0 bridgehead atoms. The number of carbonyl (C=O) groups excluding carboxylic acids is 1. The zero-order valence-electron chi connectivity index (χ0n) is 15.7. The first-order chi connectivity index (χ1) is 13.2. The molecule has 5 nitrogen and oxygen atoms in total. The molecule has 0 aliphatic carbocycles. The standard InChI is InChI=1S/C20H22BrClN2O3S/c1-13-8-14(2)12-24(11-13)28(26,27)17-5-3-4-15(9-17)20(25)23-19-7-6-16(21)10-18(19)22/h3-7,9-10,13-14H,8,11-12H2,1-2H3,(H,23,25). The van der Waals surface area contributed by atoms with Gasteiger partial charge in [-0.05, 0) is 54.7 Å². The molecule has 2 unspecified atom stereocenters. The monoisotopic (exact) mass is 484 g/mol. The molecule has 1 N–H and O–H groups in total. The van der Waals surface area contributed by atoms with Gasteiger partial charge >= 0.3 is 0 Å². The van der Waals surface area contributed by atoms with Crippen molar-refractivity contribution in [3.63, 3.8) is 0 Å². The van der Waals surface area contributed by atoms with Crippen LogP contribution in [0.1, 0.15) is 30.6 Å². The summed E-state index contributed by atoms with van der Waals surface area (Å²) in [4.78, 5) is 12.7. The average molecular weight is 486 g/mol. The number of hydrogen-bond acceptors (Lipinski definition) is 3. The van der Waals surface area contributed by atoms with Crippen molar-refractivity contribution < 1.29 is 13.2 Å². The van der Waals surface area contributed by atoms with Gasteiger partial charge in [0.1, 0.15) is 0 Å². The minimum absolute atomic E-state index is 0.128. The number of nitrogens with zero attached hydrogens (tertiary/aromatic N) is 1. The molecule has 0 spiro atoms. The second kappa shape index (κ2) is 8.53. The van der Waals surface area contributed by atoms with E-state index in [1.54, 1.807) is 30.3 Å². The zero-order chi connectivity index (χ0) is 20.5. The van der Waals surface area contributed by atoms with Gasteiger partial charge in [0.05, 0.1) is 15.6 Å². The Hall–Kier alpha value is -1.41. The zero-order valence-corrected chi connectivity index (χ0v) is 18.8. The van der Waals surface area contributed by atoms with Crippen LogP contribution in [0.25, 0.3) is 0 Å². The lowest BCUT2D eigenvalue weighted by Gasteiger charge is -2.34. The maximum atomic E-state index is 13.1. The van der Waals surface area contributed by atoms with Crippen LogP contribution in [0.4, 0.5) is 5.69 Å². The summed E-state index contributed by atoms with van der Waals surface area (Å²) in [5.41, 5.74) is 0.722. The minimum Gasteiger partial charge on any atom is -0.321 e. The number of halogens is 2. The van der Waals surface area contributed by atoms with Crippen LogP contribution in [0.2, 0.25) is 5.02 Å². The van der Waals surface area contributed by atoms with Crippen molar-refractivity contribution in [3.05, 3.63) is 57.5 Å². The SMILES string of the molecule is CC1CC(C)CN(S(=O)(=O)c2cccc(C(=O)Nc3ccc(Br)cc3Cl)c2)C1. The predicted molar refractivity (Wildman–Crippen MR) is 115 cm³/mol. The van der Waals surface area contributed by atoms with E-state index in [4.69, 9.17) is 11.6 Å². The fourth-order valence-electron chi connectivity index (χ4n) is 3.53. The van der Waals surface area contributed by atoms with Crippen LogP contribution in [0, 0.1) is 11.8 Å². The van der Waals surface area contributed by atoms with E-state index in [1.165, 1.54) is 16.4 Å². The van der Waals surface area contributed by atoms with E-state index in [0.29, 0.717) is 35.6 Å². The van der Waals surface area contributed by atoms with E-state index in [1.807, 2.05) is 0 Å². The van der Waals surface area contributed by atoms with Crippen LogP contribution in [0.5, 0.6) is 0 Å². The Morgan fingerprint density at radius 2 is 1.82 bits per heavy atom. The van der Waals surface area contributed by atoms with E-state index in [2.05, 4.69) is 35.1 Å². The van der Waals surface area contributed by atoms with E-state index in [0.717, 1.165) is 10.9 Å².